The van der Waals surface area contributed by atoms with E-state index in [0.29, 0.717) is 5.03 Å². The zero-order valence-corrected chi connectivity index (χ0v) is 5.95. The molecule has 0 aliphatic heterocycles. The van der Waals surface area contributed by atoms with Gasteiger partial charge in [-0.1, -0.05) is 24.6 Å². The van der Waals surface area contributed by atoms with Crippen LogP contribution in [0.2, 0.25) is 0 Å². The van der Waals surface area contributed by atoms with Crippen molar-refractivity contribution in [2.24, 2.45) is 5.92 Å². The van der Waals surface area contributed by atoms with Crippen molar-refractivity contribution in [3.8, 4) is 0 Å². The third-order valence-electron chi connectivity index (χ3n) is 1.41. The van der Waals surface area contributed by atoms with Gasteiger partial charge in [-0.2, -0.15) is 0 Å². The normalized spacial score (nSPS) is 27.2. The van der Waals surface area contributed by atoms with Gasteiger partial charge in [-0.15, -0.1) is 0 Å². The van der Waals surface area contributed by atoms with Crippen molar-refractivity contribution in [2.45, 2.75) is 13.3 Å². The minimum absolute atomic E-state index is 0.164. The zero-order chi connectivity index (χ0) is 6.85. The summed E-state index contributed by atoms with van der Waals surface area (Å²) in [5.74, 6) is -0.118. The molecule has 50 valence electrons. The van der Waals surface area contributed by atoms with Crippen LogP contribution in [0.25, 0.3) is 0 Å². The predicted octanol–water partition coefficient (Wildman–Crippen LogP) is 3.00. The molecule has 0 aromatic rings. The molecule has 0 bridgehead atoms. The summed E-state index contributed by atoms with van der Waals surface area (Å²) >= 11 is 5.57. The van der Waals surface area contributed by atoms with E-state index in [9.17, 15) is 4.39 Å². The summed E-state index contributed by atoms with van der Waals surface area (Å²) in [7, 11) is 0. The largest absolute Gasteiger partial charge is 0.206 e. The maximum atomic E-state index is 12.5. The fourth-order valence-electron chi connectivity index (χ4n) is 0.794. The third kappa shape index (κ3) is 1.33. The second-order valence-corrected chi connectivity index (χ2v) is 2.64. The highest BCUT2D eigenvalue weighted by Crippen LogP contribution is 2.28. The number of allylic oxidation sites excluding steroid dienone is 4. The molecule has 1 aliphatic rings. The summed E-state index contributed by atoms with van der Waals surface area (Å²) in [5.41, 5.74) is 0. The summed E-state index contributed by atoms with van der Waals surface area (Å²) < 4.78 is 12.5. The molecule has 0 radical (unpaired) electrons. The first-order valence-electron chi connectivity index (χ1n) is 2.93. The fraction of sp³-hybridized carbons (Fsp3) is 0.429. The molecular weight excluding hydrogens is 139 g/mol. The van der Waals surface area contributed by atoms with Crippen LogP contribution in [-0.4, -0.2) is 0 Å². The average Bonchev–Trinajstić information content (AvgIpc) is 1.83. The van der Waals surface area contributed by atoms with Crippen LogP contribution in [0.4, 0.5) is 4.39 Å². The molecule has 0 heterocycles. The molecule has 1 aliphatic carbocycles. The molecule has 9 heavy (non-hydrogen) atoms. The average molecular weight is 147 g/mol. The molecular formula is C7H8ClF. The molecule has 0 amide bonds. The van der Waals surface area contributed by atoms with Crippen molar-refractivity contribution < 1.29 is 4.39 Å². The number of halogens is 2. The second-order valence-electron chi connectivity index (χ2n) is 2.23. The van der Waals surface area contributed by atoms with Crippen LogP contribution < -0.4 is 0 Å². The van der Waals surface area contributed by atoms with Gasteiger partial charge >= 0.3 is 0 Å². The third-order valence-corrected chi connectivity index (χ3v) is 1.97. The maximum absolute atomic E-state index is 12.5. The van der Waals surface area contributed by atoms with Crippen molar-refractivity contribution in [3.05, 3.63) is 23.0 Å². The van der Waals surface area contributed by atoms with Crippen LogP contribution in [0.15, 0.2) is 23.0 Å². The van der Waals surface area contributed by atoms with Gasteiger partial charge in [0.1, 0.15) is 5.83 Å². The van der Waals surface area contributed by atoms with Crippen LogP contribution in [-0.2, 0) is 0 Å². The van der Waals surface area contributed by atoms with Gasteiger partial charge in [0.05, 0.1) is 5.03 Å². The van der Waals surface area contributed by atoms with E-state index in [1.54, 1.807) is 6.08 Å². The lowest BCUT2D eigenvalue weighted by Crippen LogP contribution is -1.97. The Bertz CT molecular complexity index is 170. The molecule has 0 aromatic carbocycles. The van der Waals surface area contributed by atoms with Crippen LogP contribution in [0.1, 0.15) is 13.3 Å². The van der Waals surface area contributed by atoms with Gasteiger partial charge in [0.2, 0.25) is 0 Å². The summed E-state index contributed by atoms with van der Waals surface area (Å²) in [6.45, 7) is 1.91. The molecule has 2 heteroatoms. The minimum atomic E-state index is -0.282. The van der Waals surface area contributed by atoms with E-state index < -0.39 is 0 Å². The zero-order valence-electron chi connectivity index (χ0n) is 5.20. The van der Waals surface area contributed by atoms with E-state index in [0.717, 1.165) is 6.42 Å². The molecule has 0 spiro atoms. The summed E-state index contributed by atoms with van der Waals surface area (Å²) in [6, 6.07) is 0. The smallest absolute Gasteiger partial charge is 0.137 e. The predicted molar refractivity (Wildman–Crippen MR) is 36.9 cm³/mol. The van der Waals surface area contributed by atoms with Crippen molar-refractivity contribution >= 4 is 11.6 Å². The van der Waals surface area contributed by atoms with Crippen molar-refractivity contribution in [3.63, 3.8) is 0 Å². The van der Waals surface area contributed by atoms with E-state index in [2.05, 4.69) is 0 Å². The molecule has 0 N–H and O–H groups in total. The van der Waals surface area contributed by atoms with Gasteiger partial charge in [-0.25, -0.2) is 4.39 Å². The quantitative estimate of drug-likeness (QED) is 0.493. The molecule has 0 fully saturated rings. The number of hydrogen-bond acceptors (Lipinski definition) is 0. The van der Waals surface area contributed by atoms with Crippen LogP contribution >= 0.6 is 11.6 Å². The van der Waals surface area contributed by atoms with E-state index in [4.69, 9.17) is 11.6 Å². The Morgan fingerprint density at radius 2 is 2.44 bits per heavy atom. The Labute approximate surface area is 59.0 Å². The van der Waals surface area contributed by atoms with Gasteiger partial charge in [-0.3, -0.25) is 0 Å². The summed E-state index contributed by atoms with van der Waals surface area (Å²) in [5, 5.41) is 0.359. The van der Waals surface area contributed by atoms with Gasteiger partial charge < -0.3 is 0 Å². The van der Waals surface area contributed by atoms with Crippen molar-refractivity contribution in [1.29, 1.82) is 0 Å². The first kappa shape index (κ1) is 6.81. The van der Waals surface area contributed by atoms with Crippen LogP contribution in [0.5, 0.6) is 0 Å². The van der Waals surface area contributed by atoms with Crippen LogP contribution in [0.3, 0.4) is 0 Å². The molecule has 1 rings (SSSR count). The topological polar surface area (TPSA) is 0 Å². The Hall–Kier alpha value is -0.300. The SMILES string of the molecule is CC1CC=CC(F)=C1Cl. The summed E-state index contributed by atoms with van der Waals surface area (Å²) in [4.78, 5) is 0. The Morgan fingerprint density at radius 1 is 1.78 bits per heavy atom. The Kier molecular flexibility index (Phi) is 1.91. The lowest BCUT2D eigenvalue weighted by molar-refractivity contribution is 0.606. The Morgan fingerprint density at radius 3 is 2.89 bits per heavy atom. The van der Waals surface area contributed by atoms with Gasteiger partial charge in [0.15, 0.2) is 0 Å². The van der Waals surface area contributed by atoms with E-state index >= 15 is 0 Å². The molecule has 1 unspecified atom stereocenters. The lowest BCUT2D eigenvalue weighted by atomic mass is 10.0. The fourth-order valence-corrected chi connectivity index (χ4v) is 0.946. The minimum Gasteiger partial charge on any atom is -0.206 e. The molecule has 0 saturated carbocycles. The molecule has 1 atom stereocenters. The van der Waals surface area contributed by atoms with Crippen LogP contribution in [0, 0.1) is 5.92 Å². The monoisotopic (exact) mass is 146 g/mol. The Balaban J connectivity index is 2.83. The number of rotatable bonds is 0. The maximum Gasteiger partial charge on any atom is 0.137 e. The van der Waals surface area contributed by atoms with E-state index in [-0.39, 0.29) is 11.7 Å². The molecule has 0 saturated heterocycles. The standard InChI is InChI=1S/C7H8ClF/c1-5-3-2-4-6(9)7(5)8/h2,4-5H,3H2,1H3. The van der Waals surface area contributed by atoms with Gasteiger partial charge in [0, 0.05) is 0 Å². The highest BCUT2D eigenvalue weighted by atomic mass is 35.5. The van der Waals surface area contributed by atoms with Gasteiger partial charge in [-0.05, 0) is 18.4 Å². The first-order chi connectivity index (χ1) is 4.22. The molecule has 0 nitrogen and oxygen atoms in total. The highest BCUT2D eigenvalue weighted by molar-refractivity contribution is 6.30. The highest BCUT2D eigenvalue weighted by Gasteiger charge is 2.12. The lowest BCUT2D eigenvalue weighted by Gasteiger charge is -2.10. The van der Waals surface area contributed by atoms with E-state index in [1.165, 1.54) is 6.08 Å². The van der Waals surface area contributed by atoms with E-state index in [1.807, 2.05) is 6.92 Å². The second kappa shape index (κ2) is 2.53. The van der Waals surface area contributed by atoms with Crippen molar-refractivity contribution in [1.82, 2.24) is 0 Å². The van der Waals surface area contributed by atoms with Gasteiger partial charge in [0.25, 0.3) is 0 Å². The number of hydrogen-bond donors (Lipinski definition) is 0. The van der Waals surface area contributed by atoms with Crippen molar-refractivity contribution in [2.75, 3.05) is 0 Å². The molecule has 0 aromatic heterocycles. The summed E-state index contributed by atoms with van der Waals surface area (Å²) in [6.07, 6.45) is 4.07. The first-order valence-corrected chi connectivity index (χ1v) is 3.31.